The smallest absolute Gasteiger partial charge is 0.366 e. The van der Waals surface area contributed by atoms with Crippen LogP contribution in [0.15, 0.2) is 231 Å². The fourth-order valence-corrected chi connectivity index (χ4v) is 16.2. The molecule has 0 atom stereocenters. The van der Waals surface area contributed by atoms with Crippen molar-refractivity contribution < 1.29 is 44.8 Å². The van der Waals surface area contributed by atoms with Gasteiger partial charge in [0.15, 0.2) is 0 Å². The van der Waals surface area contributed by atoms with Crippen molar-refractivity contribution in [3.05, 3.63) is 277 Å². The van der Waals surface area contributed by atoms with Crippen molar-refractivity contribution in [2.24, 2.45) is 0 Å². The van der Waals surface area contributed by atoms with Crippen LogP contribution in [-0.4, -0.2) is 0 Å². The first-order chi connectivity index (χ1) is 33.4. The molecule has 0 saturated carbocycles. The van der Waals surface area contributed by atoms with Gasteiger partial charge >= 0.3 is 44.8 Å². The van der Waals surface area contributed by atoms with Crippen LogP contribution in [0.3, 0.4) is 0 Å². The molecule has 70 heavy (non-hydrogen) atoms. The van der Waals surface area contributed by atoms with E-state index in [0.717, 1.165) is 32.7 Å². The molecule has 11 aromatic carbocycles. The van der Waals surface area contributed by atoms with Gasteiger partial charge in [-0.1, -0.05) is 193 Å². The quantitative estimate of drug-likeness (QED) is 0.0512. The van der Waals surface area contributed by atoms with E-state index < -0.39 is 15.8 Å². The number of fused-ring (bicyclic) bond motifs is 6. The van der Waals surface area contributed by atoms with Crippen molar-refractivity contribution >= 4 is 90.8 Å². The zero-order chi connectivity index (χ0) is 47.0. The van der Waals surface area contributed by atoms with E-state index in [4.69, 9.17) is 12.8 Å². The molecule has 0 aromatic heterocycles. The average molecular weight is 1300 g/mol. The predicted molar refractivity (Wildman–Crippen MR) is 301 cm³/mol. The third-order valence-corrected chi connectivity index (χ3v) is 19.5. The van der Waals surface area contributed by atoms with E-state index in [1.807, 2.05) is 72.8 Å². The fraction of sp³-hybridized carbons (Fsp3) is 0.0606. The number of rotatable bonds is 6. The molecule has 0 heterocycles. The number of aryl methyl sites for hydroxylation is 4. The Hall–Kier alpha value is -6.08. The predicted octanol–water partition coefficient (Wildman–Crippen LogP) is 13.8. The summed E-state index contributed by atoms with van der Waals surface area (Å²) in [6.45, 7) is 9.09. The van der Waals surface area contributed by atoms with Gasteiger partial charge in [-0.15, -0.1) is 23.3 Å². The standard InChI is InChI=1S/C34H32P2.2C16H9.2Au/c1-25-15-5-9-19-29(25)35(30-20-10-6-16-26(30)2)33-23-13-14-24-34(33)36(31-21-11-7-17-27(31)3)32-22-12-8-18-28(32)4;2*1-2-12-11-13-7-3-4-9-15(13)16-10-6-5-8-14(12)16;;/h5-24H,1-4H3;2*3-11H;;/q;2*-1;2*+1/p+2. The largest absolute Gasteiger partial charge is 1.00 e. The SMILES string of the molecule is Cc1ccccc1[PH+](c1ccccc1C)c1ccccc1[PH+](c1ccccc1C)c1ccccc1C.[Au+].[Au+].[C-]#Cc1cc2ccccc2c2ccccc12.[C-]#Cc1cc2ccccc2c2ccccc12. The normalized spacial score (nSPS) is 10.6. The summed E-state index contributed by atoms with van der Waals surface area (Å²) in [5, 5.41) is 18.3. The topological polar surface area (TPSA) is 0 Å². The van der Waals surface area contributed by atoms with E-state index in [1.165, 1.54) is 75.6 Å². The Morgan fingerprint density at radius 2 is 0.500 bits per heavy atom. The zero-order valence-corrected chi connectivity index (χ0v) is 45.9. The van der Waals surface area contributed by atoms with E-state index in [2.05, 4.69) is 197 Å². The molecule has 0 N–H and O–H groups in total. The zero-order valence-electron chi connectivity index (χ0n) is 39.5. The molecular formula is C66H52Au2P2+2. The molecule has 0 saturated heterocycles. The number of benzene rings is 11. The molecule has 11 rings (SSSR count). The number of hydrogen-bond donors (Lipinski definition) is 0. The maximum absolute atomic E-state index is 7.35. The van der Waals surface area contributed by atoms with Gasteiger partial charge in [-0.05, 0) is 119 Å². The Morgan fingerprint density at radius 1 is 0.271 bits per heavy atom. The van der Waals surface area contributed by atoms with Crippen LogP contribution in [0.5, 0.6) is 0 Å². The van der Waals surface area contributed by atoms with Crippen LogP contribution in [0.1, 0.15) is 33.4 Å². The fourth-order valence-electron chi connectivity index (χ4n) is 9.52. The molecular weight excluding hydrogens is 1250 g/mol. The molecule has 346 valence electrons. The Labute approximate surface area is 448 Å². The molecule has 0 aliphatic carbocycles. The van der Waals surface area contributed by atoms with Crippen molar-refractivity contribution in [3.8, 4) is 11.8 Å². The molecule has 0 aliphatic heterocycles. The molecule has 0 nitrogen and oxygen atoms in total. The third kappa shape index (κ3) is 10.9. The first-order valence-electron chi connectivity index (χ1n) is 23.1. The molecule has 0 aliphatic rings. The van der Waals surface area contributed by atoms with Crippen molar-refractivity contribution in [1.29, 1.82) is 0 Å². The molecule has 0 bridgehead atoms. The van der Waals surface area contributed by atoms with Gasteiger partial charge in [-0.2, -0.15) is 0 Å². The summed E-state index contributed by atoms with van der Waals surface area (Å²) >= 11 is 0. The van der Waals surface area contributed by atoms with Crippen LogP contribution in [0.2, 0.25) is 0 Å². The van der Waals surface area contributed by atoms with Crippen LogP contribution in [0, 0.1) is 52.4 Å². The molecule has 0 spiro atoms. The molecule has 4 heteroatoms. The first kappa shape index (κ1) is 51.8. The van der Waals surface area contributed by atoms with Gasteiger partial charge in [0, 0.05) is 0 Å². The average Bonchev–Trinajstić information content (AvgIpc) is 3.39. The summed E-state index contributed by atoms with van der Waals surface area (Å²) in [6, 6.07) is 82.2. The van der Waals surface area contributed by atoms with Gasteiger partial charge in [0.2, 0.25) is 0 Å². The molecule has 0 amide bonds. The van der Waals surface area contributed by atoms with E-state index in [0.29, 0.717) is 0 Å². The molecule has 0 unspecified atom stereocenters. The van der Waals surface area contributed by atoms with E-state index in [-0.39, 0.29) is 44.8 Å². The van der Waals surface area contributed by atoms with E-state index in [9.17, 15) is 0 Å². The second-order valence-corrected chi connectivity index (χ2v) is 21.9. The summed E-state index contributed by atoms with van der Waals surface area (Å²) in [7, 11) is -2.45. The van der Waals surface area contributed by atoms with Crippen LogP contribution >= 0.6 is 15.8 Å². The second kappa shape index (κ2) is 24.2. The number of hydrogen-bond acceptors (Lipinski definition) is 0. The van der Waals surface area contributed by atoms with Crippen molar-refractivity contribution in [3.63, 3.8) is 0 Å². The summed E-state index contributed by atoms with van der Waals surface area (Å²) in [4.78, 5) is 0. The maximum atomic E-state index is 7.35. The van der Waals surface area contributed by atoms with Gasteiger partial charge in [-0.25, -0.2) is 0 Å². The summed E-state index contributed by atoms with van der Waals surface area (Å²) in [6.07, 6.45) is 14.7. The summed E-state index contributed by atoms with van der Waals surface area (Å²) in [5.41, 5.74) is 7.23. The van der Waals surface area contributed by atoms with Crippen molar-refractivity contribution in [1.82, 2.24) is 0 Å². The Balaban J connectivity index is 0.000000175. The van der Waals surface area contributed by atoms with Gasteiger partial charge in [0.05, 0.1) is 0 Å². The van der Waals surface area contributed by atoms with Crippen molar-refractivity contribution in [2.75, 3.05) is 0 Å². The van der Waals surface area contributed by atoms with Crippen molar-refractivity contribution in [2.45, 2.75) is 27.7 Å². The Kier molecular flexibility index (Phi) is 17.9. The van der Waals surface area contributed by atoms with Crippen LogP contribution < -0.4 is 31.8 Å². The molecule has 11 aromatic rings. The minimum Gasteiger partial charge on any atom is -0.366 e. The first-order valence-corrected chi connectivity index (χ1v) is 26.1. The molecule has 0 fully saturated rings. The van der Waals surface area contributed by atoms with Crippen LogP contribution in [-0.2, 0) is 44.8 Å². The Bertz CT molecular complexity index is 3360. The second-order valence-electron chi connectivity index (χ2n) is 17.2. The van der Waals surface area contributed by atoms with E-state index >= 15 is 0 Å². The van der Waals surface area contributed by atoms with Gasteiger partial charge < -0.3 is 12.8 Å². The minimum absolute atomic E-state index is 0. The van der Waals surface area contributed by atoms with Gasteiger partial charge in [0.1, 0.15) is 47.7 Å². The minimum atomic E-state index is -1.23. The monoisotopic (exact) mass is 1300 g/mol. The maximum Gasteiger partial charge on any atom is 1.00 e. The summed E-state index contributed by atoms with van der Waals surface area (Å²) in [5.74, 6) is 5.02. The van der Waals surface area contributed by atoms with Crippen LogP contribution in [0.25, 0.3) is 43.1 Å². The van der Waals surface area contributed by atoms with Crippen LogP contribution in [0.4, 0.5) is 0 Å². The van der Waals surface area contributed by atoms with Gasteiger partial charge in [0.25, 0.3) is 0 Å². The third-order valence-electron chi connectivity index (χ3n) is 12.9. The van der Waals surface area contributed by atoms with Gasteiger partial charge in [-0.3, -0.25) is 11.8 Å². The van der Waals surface area contributed by atoms with E-state index in [1.54, 1.807) is 0 Å². The molecule has 0 radical (unpaired) electrons. The Morgan fingerprint density at radius 3 is 0.786 bits per heavy atom. The summed E-state index contributed by atoms with van der Waals surface area (Å²) < 4.78 is 0.